The molecule has 3 rings (SSSR count). The Hall–Kier alpha value is -1.64. The van der Waals surface area contributed by atoms with Crippen molar-refractivity contribution in [2.75, 3.05) is 0 Å². The molecule has 1 aliphatic heterocycles. The first kappa shape index (κ1) is 12.4. The highest BCUT2D eigenvalue weighted by Gasteiger charge is 2.42. The summed E-state index contributed by atoms with van der Waals surface area (Å²) in [6.45, 7) is 4.27. The maximum Gasteiger partial charge on any atom is 0.143 e. The van der Waals surface area contributed by atoms with E-state index in [4.69, 9.17) is 4.74 Å². The third kappa shape index (κ3) is 2.29. The predicted molar refractivity (Wildman–Crippen MR) is 76.7 cm³/mol. The summed E-state index contributed by atoms with van der Waals surface area (Å²) in [5, 5.41) is 3.57. The second-order valence-electron chi connectivity index (χ2n) is 5.28. The van der Waals surface area contributed by atoms with Gasteiger partial charge in [0.25, 0.3) is 0 Å². The average molecular weight is 253 g/mol. The summed E-state index contributed by atoms with van der Waals surface area (Å²) in [6.07, 6.45) is 0.0893. The lowest BCUT2D eigenvalue weighted by atomic mass is 10.0. The Bertz CT molecular complexity index is 540. The fourth-order valence-corrected chi connectivity index (χ4v) is 2.81. The third-order valence-electron chi connectivity index (χ3n) is 3.77. The fourth-order valence-electron chi connectivity index (χ4n) is 2.81. The van der Waals surface area contributed by atoms with E-state index in [0.717, 1.165) is 0 Å². The van der Waals surface area contributed by atoms with Crippen LogP contribution in [0.25, 0.3) is 0 Å². The second-order valence-corrected chi connectivity index (χ2v) is 5.28. The summed E-state index contributed by atoms with van der Waals surface area (Å²) in [4.78, 5) is 0. The lowest BCUT2D eigenvalue weighted by molar-refractivity contribution is -0.0440. The molecule has 2 aromatic rings. The van der Waals surface area contributed by atoms with Crippen LogP contribution in [0.15, 0.2) is 60.7 Å². The SMILES string of the molecule is CC1NC(C)(c2ccccc2)OC1c1ccccc1. The molecule has 1 fully saturated rings. The van der Waals surface area contributed by atoms with Crippen LogP contribution in [0, 0.1) is 0 Å². The molecule has 3 unspecified atom stereocenters. The number of nitrogens with one attached hydrogen (secondary N) is 1. The smallest absolute Gasteiger partial charge is 0.143 e. The van der Waals surface area contributed by atoms with Crippen LogP contribution in [0.4, 0.5) is 0 Å². The standard InChI is InChI=1S/C17H19NO/c1-13-16(14-9-5-3-6-10-14)19-17(2,18-13)15-11-7-4-8-12-15/h3-13,16,18H,1-2H3. The van der Waals surface area contributed by atoms with Crippen LogP contribution in [0.5, 0.6) is 0 Å². The Morgan fingerprint density at radius 1 is 0.947 bits per heavy atom. The normalized spacial score (nSPS) is 30.4. The zero-order chi connectivity index (χ0) is 13.3. The first-order valence-corrected chi connectivity index (χ1v) is 6.75. The minimum Gasteiger partial charge on any atom is -0.347 e. The van der Waals surface area contributed by atoms with Gasteiger partial charge in [0.2, 0.25) is 0 Å². The van der Waals surface area contributed by atoms with Gasteiger partial charge in [-0.15, -0.1) is 0 Å². The largest absolute Gasteiger partial charge is 0.347 e. The van der Waals surface area contributed by atoms with E-state index in [1.54, 1.807) is 0 Å². The van der Waals surface area contributed by atoms with E-state index in [9.17, 15) is 0 Å². The minimum absolute atomic E-state index is 0.0893. The van der Waals surface area contributed by atoms with Crippen LogP contribution >= 0.6 is 0 Å². The van der Waals surface area contributed by atoms with E-state index in [-0.39, 0.29) is 12.1 Å². The maximum atomic E-state index is 6.32. The van der Waals surface area contributed by atoms with Crippen molar-refractivity contribution in [3.8, 4) is 0 Å². The highest BCUT2D eigenvalue weighted by molar-refractivity contribution is 5.26. The topological polar surface area (TPSA) is 21.3 Å². The molecule has 0 aromatic heterocycles. The molecule has 0 saturated carbocycles. The van der Waals surface area contributed by atoms with Gasteiger partial charge in [0.05, 0.1) is 0 Å². The Balaban J connectivity index is 1.90. The quantitative estimate of drug-likeness (QED) is 0.882. The monoisotopic (exact) mass is 253 g/mol. The average Bonchev–Trinajstić information content (AvgIpc) is 2.77. The summed E-state index contributed by atoms with van der Waals surface area (Å²) in [6, 6.07) is 21.0. The van der Waals surface area contributed by atoms with Crippen molar-refractivity contribution in [1.29, 1.82) is 0 Å². The van der Waals surface area contributed by atoms with Crippen molar-refractivity contribution in [2.24, 2.45) is 0 Å². The van der Waals surface area contributed by atoms with Gasteiger partial charge in [-0.2, -0.15) is 0 Å². The van der Waals surface area contributed by atoms with Gasteiger partial charge in [-0.3, -0.25) is 5.32 Å². The molecule has 0 spiro atoms. The van der Waals surface area contributed by atoms with Gasteiger partial charge in [0, 0.05) is 6.04 Å². The molecular formula is C17H19NO. The number of hydrogen-bond acceptors (Lipinski definition) is 2. The van der Waals surface area contributed by atoms with Crippen molar-refractivity contribution >= 4 is 0 Å². The van der Waals surface area contributed by atoms with Crippen molar-refractivity contribution in [3.63, 3.8) is 0 Å². The van der Waals surface area contributed by atoms with Crippen molar-refractivity contribution in [2.45, 2.75) is 31.7 Å². The number of ether oxygens (including phenoxy) is 1. The maximum absolute atomic E-state index is 6.32. The van der Waals surface area contributed by atoms with E-state index in [1.165, 1.54) is 11.1 Å². The lowest BCUT2D eigenvalue weighted by Gasteiger charge is -2.25. The Labute approximate surface area is 114 Å². The molecule has 0 aliphatic carbocycles. The van der Waals surface area contributed by atoms with E-state index < -0.39 is 5.72 Å². The van der Waals surface area contributed by atoms with Crippen molar-refractivity contribution < 1.29 is 4.74 Å². The van der Waals surface area contributed by atoms with Crippen molar-refractivity contribution in [3.05, 3.63) is 71.8 Å². The molecule has 1 heterocycles. The summed E-state index contributed by atoms with van der Waals surface area (Å²) >= 11 is 0. The molecule has 2 heteroatoms. The molecule has 98 valence electrons. The summed E-state index contributed by atoms with van der Waals surface area (Å²) in [7, 11) is 0. The molecule has 3 atom stereocenters. The second kappa shape index (κ2) is 4.80. The van der Waals surface area contributed by atoms with Crippen LogP contribution in [0.3, 0.4) is 0 Å². The lowest BCUT2D eigenvalue weighted by Crippen LogP contribution is -2.37. The number of rotatable bonds is 2. The predicted octanol–water partition coefficient (Wildman–Crippen LogP) is 3.61. The van der Waals surface area contributed by atoms with Gasteiger partial charge in [0.1, 0.15) is 11.8 Å². The zero-order valence-electron chi connectivity index (χ0n) is 11.3. The van der Waals surface area contributed by atoms with Gasteiger partial charge in [-0.05, 0) is 25.0 Å². The van der Waals surface area contributed by atoms with E-state index >= 15 is 0 Å². The van der Waals surface area contributed by atoms with Crippen LogP contribution < -0.4 is 5.32 Å². The minimum atomic E-state index is -0.415. The van der Waals surface area contributed by atoms with Gasteiger partial charge in [-0.25, -0.2) is 0 Å². The molecule has 0 bridgehead atoms. The number of hydrogen-bond donors (Lipinski definition) is 1. The van der Waals surface area contributed by atoms with Gasteiger partial charge >= 0.3 is 0 Å². The van der Waals surface area contributed by atoms with Gasteiger partial charge in [0.15, 0.2) is 0 Å². The molecule has 1 N–H and O–H groups in total. The van der Waals surface area contributed by atoms with E-state index in [0.29, 0.717) is 0 Å². The van der Waals surface area contributed by atoms with E-state index in [1.807, 2.05) is 24.3 Å². The van der Waals surface area contributed by atoms with Gasteiger partial charge in [-0.1, -0.05) is 60.7 Å². The Morgan fingerprint density at radius 2 is 1.53 bits per heavy atom. The molecule has 1 aliphatic rings. The molecular weight excluding hydrogens is 234 g/mol. The Kier molecular flexibility index (Phi) is 3.13. The highest BCUT2D eigenvalue weighted by atomic mass is 16.5. The summed E-state index contributed by atoms with van der Waals surface area (Å²) in [5.41, 5.74) is 1.98. The number of benzene rings is 2. The van der Waals surface area contributed by atoms with E-state index in [2.05, 4.69) is 55.6 Å². The van der Waals surface area contributed by atoms with Crippen LogP contribution in [-0.2, 0) is 10.5 Å². The molecule has 0 radical (unpaired) electrons. The first-order valence-electron chi connectivity index (χ1n) is 6.75. The van der Waals surface area contributed by atoms with Crippen LogP contribution in [-0.4, -0.2) is 6.04 Å². The molecule has 2 nitrogen and oxygen atoms in total. The van der Waals surface area contributed by atoms with Crippen LogP contribution in [0.2, 0.25) is 0 Å². The van der Waals surface area contributed by atoms with Crippen LogP contribution in [0.1, 0.15) is 31.1 Å². The molecule has 2 aromatic carbocycles. The van der Waals surface area contributed by atoms with Crippen molar-refractivity contribution in [1.82, 2.24) is 5.32 Å². The summed E-state index contributed by atoms with van der Waals surface area (Å²) < 4.78 is 6.32. The molecule has 1 saturated heterocycles. The molecule has 0 amide bonds. The third-order valence-corrected chi connectivity index (χ3v) is 3.77. The Morgan fingerprint density at radius 3 is 2.16 bits per heavy atom. The summed E-state index contributed by atoms with van der Waals surface area (Å²) in [5.74, 6) is 0. The zero-order valence-corrected chi connectivity index (χ0v) is 11.3. The first-order chi connectivity index (χ1) is 9.19. The fraction of sp³-hybridized carbons (Fsp3) is 0.294. The molecule has 19 heavy (non-hydrogen) atoms. The highest BCUT2D eigenvalue weighted by Crippen LogP contribution is 2.38. The van der Waals surface area contributed by atoms with Gasteiger partial charge < -0.3 is 4.74 Å².